The van der Waals surface area contributed by atoms with E-state index in [0.717, 1.165) is 12.2 Å². The van der Waals surface area contributed by atoms with Crippen LogP contribution in [0.5, 0.6) is 5.75 Å². The van der Waals surface area contributed by atoms with Crippen LogP contribution in [0.25, 0.3) is 5.57 Å². The van der Waals surface area contributed by atoms with Gasteiger partial charge in [-0.15, -0.1) is 0 Å². The minimum atomic E-state index is 0.239. The highest BCUT2D eigenvalue weighted by Gasteiger charge is 2.01. The Bertz CT molecular complexity index is 333. The first-order valence-electron chi connectivity index (χ1n) is 6.09. The first-order valence-corrected chi connectivity index (χ1v) is 6.09. The van der Waals surface area contributed by atoms with Gasteiger partial charge in [-0.3, -0.25) is 0 Å². The molecule has 88 valence electrons. The SMILES string of the molecule is CC=C(CCC)c1ccc(OC(C)C)cc1. The van der Waals surface area contributed by atoms with Gasteiger partial charge in [0, 0.05) is 0 Å². The second-order valence-corrected chi connectivity index (χ2v) is 4.25. The fourth-order valence-corrected chi connectivity index (χ4v) is 1.74. The molecule has 1 heteroatoms. The summed E-state index contributed by atoms with van der Waals surface area (Å²) in [5.41, 5.74) is 2.72. The third-order valence-electron chi connectivity index (χ3n) is 2.46. The summed E-state index contributed by atoms with van der Waals surface area (Å²) < 4.78 is 5.62. The van der Waals surface area contributed by atoms with Gasteiger partial charge in [0.1, 0.15) is 5.75 Å². The second-order valence-electron chi connectivity index (χ2n) is 4.25. The van der Waals surface area contributed by atoms with E-state index in [9.17, 15) is 0 Å². The first kappa shape index (κ1) is 12.8. The lowest BCUT2D eigenvalue weighted by Gasteiger charge is -2.11. The summed E-state index contributed by atoms with van der Waals surface area (Å²) in [4.78, 5) is 0. The standard InChI is InChI=1S/C15H22O/c1-5-7-13(6-2)14-8-10-15(11-9-14)16-12(3)4/h6,8-12H,5,7H2,1-4H3. The van der Waals surface area contributed by atoms with E-state index in [1.54, 1.807) is 0 Å². The van der Waals surface area contributed by atoms with Crippen LogP contribution in [0.2, 0.25) is 0 Å². The molecule has 0 fully saturated rings. The molecule has 0 aromatic heterocycles. The van der Waals surface area contributed by atoms with Crippen molar-refractivity contribution in [2.24, 2.45) is 0 Å². The lowest BCUT2D eigenvalue weighted by atomic mass is 10.0. The normalized spacial score (nSPS) is 11.9. The van der Waals surface area contributed by atoms with Crippen LogP contribution in [0.1, 0.15) is 46.1 Å². The number of rotatable bonds is 5. The Morgan fingerprint density at radius 3 is 2.31 bits per heavy atom. The summed E-state index contributed by atoms with van der Waals surface area (Å²) in [6.45, 7) is 8.40. The minimum absolute atomic E-state index is 0.239. The molecule has 0 unspecified atom stereocenters. The smallest absolute Gasteiger partial charge is 0.119 e. The molecule has 0 amide bonds. The minimum Gasteiger partial charge on any atom is -0.491 e. The van der Waals surface area contributed by atoms with Crippen molar-refractivity contribution in [3.05, 3.63) is 35.9 Å². The molecular weight excluding hydrogens is 196 g/mol. The highest BCUT2D eigenvalue weighted by Crippen LogP contribution is 2.22. The van der Waals surface area contributed by atoms with Crippen molar-refractivity contribution in [3.8, 4) is 5.75 Å². The quantitative estimate of drug-likeness (QED) is 0.697. The van der Waals surface area contributed by atoms with Crippen molar-refractivity contribution in [2.75, 3.05) is 0 Å². The molecule has 1 aromatic carbocycles. The maximum Gasteiger partial charge on any atom is 0.119 e. The first-order chi connectivity index (χ1) is 7.67. The van der Waals surface area contributed by atoms with E-state index < -0.39 is 0 Å². The molecule has 0 spiro atoms. The molecule has 0 aliphatic heterocycles. The van der Waals surface area contributed by atoms with E-state index in [1.165, 1.54) is 17.6 Å². The molecule has 1 nitrogen and oxygen atoms in total. The van der Waals surface area contributed by atoms with E-state index >= 15 is 0 Å². The van der Waals surface area contributed by atoms with Crippen molar-refractivity contribution in [2.45, 2.75) is 46.6 Å². The number of allylic oxidation sites excluding steroid dienone is 2. The summed E-state index contributed by atoms with van der Waals surface area (Å²) >= 11 is 0. The molecule has 0 radical (unpaired) electrons. The van der Waals surface area contributed by atoms with Crippen molar-refractivity contribution in [3.63, 3.8) is 0 Å². The van der Waals surface area contributed by atoms with Crippen LogP contribution >= 0.6 is 0 Å². The van der Waals surface area contributed by atoms with E-state index in [2.05, 4.69) is 44.2 Å². The largest absolute Gasteiger partial charge is 0.491 e. The van der Waals surface area contributed by atoms with Crippen molar-refractivity contribution in [1.82, 2.24) is 0 Å². The molecular formula is C15H22O. The molecule has 0 N–H and O–H groups in total. The van der Waals surface area contributed by atoms with Gasteiger partial charge in [-0.1, -0.05) is 31.6 Å². The summed E-state index contributed by atoms with van der Waals surface area (Å²) in [5, 5.41) is 0. The molecule has 0 saturated carbocycles. The van der Waals surface area contributed by atoms with Crippen molar-refractivity contribution >= 4 is 5.57 Å². The molecule has 1 rings (SSSR count). The average molecular weight is 218 g/mol. The van der Waals surface area contributed by atoms with Gasteiger partial charge in [0.05, 0.1) is 6.10 Å². The summed E-state index contributed by atoms with van der Waals surface area (Å²) in [7, 11) is 0. The average Bonchev–Trinajstić information content (AvgIpc) is 2.26. The summed E-state index contributed by atoms with van der Waals surface area (Å²) in [6.07, 6.45) is 4.76. The maximum absolute atomic E-state index is 5.62. The van der Waals surface area contributed by atoms with Gasteiger partial charge in [0.2, 0.25) is 0 Å². The van der Waals surface area contributed by atoms with E-state index in [-0.39, 0.29) is 6.10 Å². The highest BCUT2D eigenvalue weighted by molar-refractivity contribution is 5.65. The number of ether oxygens (including phenoxy) is 1. The van der Waals surface area contributed by atoms with Crippen LogP contribution in [-0.4, -0.2) is 6.10 Å². The summed E-state index contributed by atoms with van der Waals surface area (Å²) in [6, 6.07) is 8.38. The monoisotopic (exact) mass is 218 g/mol. The van der Waals surface area contributed by atoms with Gasteiger partial charge >= 0.3 is 0 Å². The van der Waals surface area contributed by atoms with E-state index in [0.29, 0.717) is 0 Å². The zero-order valence-electron chi connectivity index (χ0n) is 10.8. The Morgan fingerprint density at radius 2 is 1.88 bits per heavy atom. The molecule has 0 bridgehead atoms. The molecule has 0 atom stereocenters. The second kappa shape index (κ2) is 6.37. The lowest BCUT2D eigenvalue weighted by Crippen LogP contribution is -2.05. The van der Waals surface area contributed by atoms with Gasteiger partial charge in [-0.25, -0.2) is 0 Å². The predicted octanol–water partition coefficient (Wildman–Crippen LogP) is 4.68. The molecule has 16 heavy (non-hydrogen) atoms. The van der Waals surface area contributed by atoms with Gasteiger partial charge in [-0.2, -0.15) is 0 Å². The zero-order valence-corrected chi connectivity index (χ0v) is 10.8. The maximum atomic E-state index is 5.62. The van der Waals surface area contributed by atoms with Crippen LogP contribution in [0, 0.1) is 0 Å². The lowest BCUT2D eigenvalue weighted by molar-refractivity contribution is 0.242. The third-order valence-corrected chi connectivity index (χ3v) is 2.46. The number of benzene rings is 1. The van der Waals surface area contributed by atoms with E-state index in [4.69, 9.17) is 4.74 Å². The van der Waals surface area contributed by atoms with Gasteiger partial charge in [0.15, 0.2) is 0 Å². The number of hydrogen-bond acceptors (Lipinski definition) is 1. The third kappa shape index (κ3) is 3.73. The van der Waals surface area contributed by atoms with Crippen molar-refractivity contribution in [1.29, 1.82) is 0 Å². The van der Waals surface area contributed by atoms with Crippen LogP contribution < -0.4 is 4.74 Å². The topological polar surface area (TPSA) is 9.23 Å². The number of hydrogen-bond donors (Lipinski definition) is 0. The Morgan fingerprint density at radius 1 is 1.25 bits per heavy atom. The van der Waals surface area contributed by atoms with Crippen LogP contribution in [-0.2, 0) is 0 Å². The van der Waals surface area contributed by atoms with Crippen molar-refractivity contribution < 1.29 is 4.74 Å². The fraction of sp³-hybridized carbons (Fsp3) is 0.467. The van der Waals surface area contributed by atoms with Gasteiger partial charge in [0.25, 0.3) is 0 Å². The zero-order chi connectivity index (χ0) is 12.0. The molecule has 0 aliphatic rings. The molecule has 1 aromatic rings. The molecule has 0 heterocycles. The van der Waals surface area contributed by atoms with E-state index in [1.807, 2.05) is 13.8 Å². The predicted molar refractivity (Wildman–Crippen MR) is 70.8 cm³/mol. The molecule has 0 saturated heterocycles. The Balaban J connectivity index is 2.77. The van der Waals surface area contributed by atoms with Crippen LogP contribution in [0.15, 0.2) is 30.3 Å². The van der Waals surface area contributed by atoms with Crippen LogP contribution in [0.3, 0.4) is 0 Å². The Hall–Kier alpha value is -1.24. The van der Waals surface area contributed by atoms with Gasteiger partial charge in [-0.05, 0) is 50.5 Å². The van der Waals surface area contributed by atoms with Gasteiger partial charge < -0.3 is 4.74 Å². The summed E-state index contributed by atoms with van der Waals surface area (Å²) in [5.74, 6) is 0.950. The Labute approximate surface area is 99.1 Å². The highest BCUT2D eigenvalue weighted by atomic mass is 16.5. The fourth-order valence-electron chi connectivity index (χ4n) is 1.74. The molecule has 0 aliphatic carbocycles. The van der Waals surface area contributed by atoms with Crippen LogP contribution in [0.4, 0.5) is 0 Å². The Kier molecular flexibility index (Phi) is 5.10.